The SMILES string of the molecule is CNCc1ccc(S(=O)(=O)Nc2ccccc2Cl)nc1. The van der Waals surface area contributed by atoms with E-state index in [2.05, 4.69) is 15.0 Å². The Kier molecular flexibility index (Phi) is 4.59. The molecule has 7 heteroatoms. The van der Waals surface area contributed by atoms with Crippen LogP contribution in [-0.4, -0.2) is 20.4 Å². The van der Waals surface area contributed by atoms with Crippen molar-refractivity contribution in [3.8, 4) is 0 Å². The van der Waals surface area contributed by atoms with E-state index < -0.39 is 10.0 Å². The third-order valence-electron chi connectivity index (χ3n) is 2.57. The summed E-state index contributed by atoms with van der Waals surface area (Å²) in [4.78, 5) is 3.96. The highest BCUT2D eigenvalue weighted by molar-refractivity contribution is 7.92. The topological polar surface area (TPSA) is 71.1 Å². The van der Waals surface area contributed by atoms with Crippen molar-refractivity contribution in [1.82, 2.24) is 10.3 Å². The monoisotopic (exact) mass is 311 g/mol. The van der Waals surface area contributed by atoms with Crippen LogP contribution in [-0.2, 0) is 16.6 Å². The normalized spacial score (nSPS) is 11.3. The number of hydrogen-bond acceptors (Lipinski definition) is 4. The minimum Gasteiger partial charge on any atom is -0.316 e. The van der Waals surface area contributed by atoms with E-state index in [-0.39, 0.29) is 5.03 Å². The van der Waals surface area contributed by atoms with Gasteiger partial charge in [0, 0.05) is 12.7 Å². The fourth-order valence-corrected chi connectivity index (χ4v) is 2.87. The Morgan fingerprint density at radius 1 is 1.20 bits per heavy atom. The molecule has 0 aliphatic carbocycles. The molecule has 5 nitrogen and oxygen atoms in total. The van der Waals surface area contributed by atoms with Gasteiger partial charge >= 0.3 is 0 Å². The van der Waals surface area contributed by atoms with Crippen molar-refractivity contribution in [2.45, 2.75) is 11.6 Å². The van der Waals surface area contributed by atoms with Crippen LogP contribution in [0.3, 0.4) is 0 Å². The molecule has 2 N–H and O–H groups in total. The second-order valence-electron chi connectivity index (χ2n) is 4.12. The second kappa shape index (κ2) is 6.21. The number of pyridine rings is 1. The molecule has 0 spiro atoms. The zero-order valence-corrected chi connectivity index (χ0v) is 12.4. The summed E-state index contributed by atoms with van der Waals surface area (Å²) < 4.78 is 26.8. The van der Waals surface area contributed by atoms with E-state index in [1.54, 1.807) is 30.3 Å². The molecule has 0 aliphatic rings. The first-order valence-corrected chi connectivity index (χ1v) is 7.76. The van der Waals surface area contributed by atoms with Gasteiger partial charge in [0.2, 0.25) is 0 Å². The molecular weight excluding hydrogens is 298 g/mol. The van der Waals surface area contributed by atoms with Gasteiger partial charge in [-0.25, -0.2) is 4.98 Å². The van der Waals surface area contributed by atoms with Crippen molar-refractivity contribution in [3.05, 3.63) is 53.2 Å². The first-order chi connectivity index (χ1) is 9.53. The highest BCUT2D eigenvalue weighted by atomic mass is 35.5. The maximum Gasteiger partial charge on any atom is 0.279 e. The number of aromatic nitrogens is 1. The van der Waals surface area contributed by atoms with Gasteiger partial charge in [-0.05, 0) is 30.8 Å². The summed E-state index contributed by atoms with van der Waals surface area (Å²) in [5, 5.41) is 3.26. The number of halogens is 1. The van der Waals surface area contributed by atoms with Crippen molar-refractivity contribution in [3.63, 3.8) is 0 Å². The van der Waals surface area contributed by atoms with Gasteiger partial charge in [-0.1, -0.05) is 29.8 Å². The lowest BCUT2D eigenvalue weighted by atomic mass is 10.3. The number of rotatable bonds is 5. The van der Waals surface area contributed by atoms with Gasteiger partial charge in [-0.3, -0.25) is 4.72 Å². The summed E-state index contributed by atoms with van der Waals surface area (Å²) in [6.45, 7) is 0.630. The molecule has 0 aliphatic heterocycles. The van der Waals surface area contributed by atoms with Crippen LogP contribution >= 0.6 is 11.6 Å². The highest BCUT2D eigenvalue weighted by Crippen LogP contribution is 2.23. The molecule has 2 aromatic rings. The van der Waals surface area contributed by atoms with Gasteiger partial charge in [0.1, 0.15) is 0 Å². The van der Waals surface area contributed by atoms with E-state index in [9.17, 15) is 8.42 Å². The number of nitrogens with zero attached hydrogens (tertiary/aromatic N) is 1. The average Bonchev–Trinajstić information content (AvgIpc) is 2.42. The minimum absolute atomic E-state index is 0.0442. The van der Waals surface area contributed by atoms with Crippen molar-refractivity contribution >= 4 is 27.3 Å². The maximum atomic E-state index is 12.2. The van der Waals surface area contributed by atoms with Gasteiger partial charge in [0.25, 0.3) is 10.0 Å². The molecule has 106 valence electrons. The Hall–Kier alpha value is -1.63. The molecule has 1 aromatic heterocycles. The molecule has 0 saturated heterocycles. The zero-order valence-electron chi connectivity index (χ0n) is 10.8. The van der Waals surface area contributed by atoms with Gasteiger partial charge in [-0.15, -0.1) is 0 Å². The van der Waals surface area contributed by atoms with E-state index in [4.69, 9.17) is 11.6 Å². The number of hydrogen-bond donors (Lipinski definition) is 2. The summed E-state index contributed by atoms with van der Waals surface area (Å²) in [7, 11) is -1.92. The third-order valence-corrected chi connectivity index (χ3v) is 4.18. The first kappa shape index (κ1) is 14.8. The smallest absolute Gasteiger partial charge is 0.279 e. The lowest BCUT2D eigenvalue weighted by Crippen LogP contribution is -2.15. The predicted molar refractivity (Wildman–Crippen MR) is 79.3 cm³/mol. The lowest BCUT2D eigenvalue weighted by Gasteiger charge is -2.09. The molecule has 0 unspecified atom stereocenters. The number of anilines is 1. The maximum absolute atomic E-state index is 12.2. The van der Waals surface area contributed by atoms with Crippen molar-refractivity contribution in [1.29, 1.82) is 0 Å². The van der Waals surface area contributed by atoms with E-state index in [0.29, 0.717) is 17.3 Å². The van der Waals surface area contributed by atoms with Crippen LogP contribution in [0.5, 0.6) is 0 Å². The molecule has 0 fully saturated rings. The van der Waals surface area contributed by atoms with Gasteiger partial charge in [0.05, 0.1) is 10.7 Å². The lowest BCUT2D eigenvalue weighted by molar-refractivity contribution is 0.597. The van der Waals surface area contributed by atoms with Gasteiger partial charge < -0.3 is 5.32 Å². The molecule has 0 radical (unpaired) electrons. The predicted octanol–water partition coefficient (Wildman–Crippen LogP) is 2.26. The number of benzene rings is 1. The summed E-state index contributed by atoms with van der Waals surface area (Å²) in [5.74, 6) is 0. The molecule has 0 atom stereocenters. The van der Waals surface area contributed by atoms with Crippen LogP contribution in [0.1, 0.15) is 5.56 Å². The zero-order chi connectivity index (χ0) is 14.6. The molecule has 1 aromatic carbocycles. The fraction of sp³-hybridized carbons (Fsp3) is 0.154. The van der Waals surface area contributed by atoms with Crippen molar-refractivity contribution < 1.29 is 8.42 Å². The quantitative estimate of drug-likeness (QED) is 0.888. The van der Waals surface area contributed by atoms with Crippen LogP contribution in [0, 0.1) is 0 Å². The van der Waals surface area contributed by atoms with Gasteiger partial charge in [0.15, 0.2) is 5.03 Å². The largest absolute Gasteiger partial charge is 0.316 e. The van der Waals surface area contributed by atoms with E-state index in [0.717, 1.165) is 5.56 Å². The molecule has 0 bridgehead atoms. The molecule has 2 rings (SSSR count). The molecule has 1 heterocycles. The molecule has 20 heavy (non-hydrogen) atoms. The van der Waals surface area contributed by atoms with E-state index >= 15 is 0 Å². The first-order valence-electron chi connectivity index (χ1n) is 5.90. The summed E-state index contributed by atoms with van der Waals surface area (Å²) >= 11 is 5.93. The highest BCUT2D eigenvalue weighted by Gasteiger charge is 2.16. The number of sulfonamides is 1. The summed E-state index contributed by atoms with van der Waals surface area (Å²) in [6, 6.07) is 9.81. The van der Waals surface area contributed by atoms with Crippen LogP contribution < -0.4 is 10.0 Å². The van der Waals surface area contributed by atoms with E-state index in [1.165, 1.54) is 12.3 Å². The Morgan fingerprint density at radius 3 is 2.55 bits per heavy atom. The second-order valence-corrected chi connectivity index (χ2v) is 6.16. The van der Waals surface area contributed by atoms with Crippen molar-refractivity contribution in [2.24, 2.45) is 0 Å². The molecule has 0 saturated carbocycles. The summed E-state index contributed by atoms with van der Waals surface area (Å²) in [5.41, 5.74) is 1.24. The molecule has 0 amide bonds. The third kappa shape index (κ3) is 3.47. The van der Waals surface area contributed by atoms with Crippen LogP contribution in [0.4, 0.5) is 5.69 Å². The van der Waals surface area contributed by atoms with Crippen LogP contribution in [0.2, 0.25) is 5.02 Å². The summed E-state index contributed by atoms with van der Waals surface area (Å²) in [6.07, 6.45) is 1.53. The standard InChI is InChI=1S/C13H14ClN3O2S/c1-15-8-10-6-7-13(16-9-10)20(18,19)17-12-5-3-2-4-11(12)14/h2-7,9,15,17H,8H2,1H3. The van der Waals surface area contributed by atoms with Crippen LogP contribution in [0.15, 0.2) is 47.6 Å². The van der Waals surface area contributed by atoms with Crippen LogP contribution in [0.25, 0.3) is 0 Å². The number of para-hydroxylation sites is 1. The Morgan fingerprint density at radius 2 is 1.95 bits per heavy atom. The fourth-order valence-electron chi connectivity index (χ4n) is 1.62. The molecular formula is C13H14ClN3O2S. The Bertz CT molecular complexity index is 687. The Labute approximate surface area is 123 Å². The van der Waals surface area contributed by atoms with Crippen molar-refractivity contribution in [2.75, 3.05) is 11.8 Å². The average molecular weight is 312 g/mol. The Balaban J connectivity index is 2.24. The minimum atomic E-state index is -3.73. The van der Waals surface area contributed by atoms with E-state index in [1.807, 2.05) is 7.05 Å². The number of nitrogens with one attached hydrogen (secondary N) is 2. The van der Waals surface area contributed by atoms with Gasteiger partial charge in [-0.2, -0.15) is 8.42 Å².